The van der Waals surface area contributed by atoms with E-state index in [1.54, 1.807) is 12.1 Å². The molecule has 138 valence electrons. The zero-order chi connectivity index (χ0) is 18.7. The molecule has 1 saturated heterocycles. The molecule has 1 aliphatic heterocycles. The largest absolute Gasteiger partial charge is 0.494 e. The third-order valence-corrected chi connectivity index (χ3v) is 4.76. The van der Waals surface area contributed by atoms with Gasteiger partial charge in [-0.1, -0.05) is 25.5 Å². The predicted octanol–water partition coefficient (Wildman–Crippen LogP) is 3.15. The molecule has 0 spiro atoms. The number of alkyl carbamates (subject to hydrolysis) is 1. The molecule has 2 rings (SSSR count). The van der Waals surface area contributed by atoms with Crippen LogP contribution in [0.5, 0.6) is 0 Å². The van der Waals surface area contributed by atoms with Gasteiger partial charge >= 0.3 is 13.2 Å². The summed E-state index contributed by atoms with van der Waals surface area (Å²) < 4.78 is 31.2. The molecule has 5 nitrogen and oxygen atoms in total. The van der Waals surface area contributed by atoms with Gasteiger partial charge in [0.05, 0.1) is 17.8 Å². The SMILES string of the molecule is CCCCOC(=O)NCc1ccc(B2OC(C)(C)C(C)(C)O2)cc1F. The average Bonchev–Trinajstić information content (AvgIpc) is 2.74. The van der Waals surface area contributed by atoms with Crippen molar-refractivity contribution in [2.75, 3.05) is 6.61 Å². The Morgan fingerprint density at radius 3 is 2.44 bits per heavy atom. The van der Waals surface area contributed by atoms with E-state index >= 15 is 0 Å². The normalized spacial score (nSPS) is 18.2. The van der Waals surface area contributed by atoms with Gasteiger partial charge in [0.25, 0.3) is 0 Å². The molecule has 0 radical (unpaired) electrons. The lowest BCUT2D eigenvalue weighted by Crippen LogP contribution is -2.41. The van der Waals surface area contributed by atoms with Crippen molar-refractivity contribution in [3.8, 4) is 0 Å². The Kier molecular flexibility index (Phi) is 6.11. The fourth-order valence-corrected chi connectivity index (χ4v) is 2.36. The maximum absolute atomic E-state index is 14.3. The molecular weight excluding hydrogens is 324 g/mol. The lowest BCUT2D eigenvalue weighted by atomic mass is 9.78. The minimum absolute atomic E-state index is 0.0699. The number of amides is 1. The van der Waals surface area contributed by atoms with Crippen molar-refractivity contribution in [2.24, 2.45) is 0 Å². The second-order valence-electron chi connectivity index (χ2n) is 7.28. The van der Waals surface area contributed by atoms with Gasteiger partial charge in [-0.25, -0.2) is 9.18 Å². The van der Waals surface area contributed by atoms with E-state index in [1.165, 1.54) is 6.07 Å². The van der Waals surface area contributed by atoms with Crippen LogP contribution in [-0.2, 0) is 20.6 Å². The van der Waals surface area contributed by atoms with Gasteiger partial charge in [0.1, 0.15) is 5.82 Å². The minimum Gasteiger partial charge on any atom is -0.450 e. The van der Waals surface area contributed by atoms with E-state index in [1.807, 2.05) is 34.6 Å². The highest BCUT2D eigenvalue weighted by molar-refractivity contribution is 6.62. The number of carbonyl (C=O) groups is 1. The Bertz CT molecular complexity index is 605. The van der Waals surface area contributed by atoms with Gasteiger partial charge in [-0.2, -0.15) is 0 Å². The van der Waals surface area contributed by atoms with Crippen LogP contribution in [0.25, 0.3) is 0 Å². The quantitative estimate of drug-likeness (QED) is 0.632. The minimum atomic E-state index is -0.611. The Morgan fingerprint density at radius 2 is 1.88 bits per heavy atom. The van der Waals surface area contributed by atoms with Gasteiger partial charge in [-0.05, 0) is 45.6 Å². The molecule has 1 heterocycles. The van der Waals surface area contributed by atoms with Crippen molar-refractivity contribution >= 4 is 18.7 Å². The zero-order valence-electron chi connectivity index (χ0n) is 15.6. The summed E-state index contributed by atoms with van der Waals surface area (Å²) in [4.78, 5) is 11.5. The highest BCUT2D eigenvalue weighted by atomic mass is 19.1. The number of hydrogen-bond acceptors (Lipinski definition) is 4. The molecule has 0 saturated carbocycles. The molecule has 1 N–H and O–H groups in total. The number of carbonyl (C=O) groups excluding carboxylic acids is 1. The summed E-state index contributed by atoms with van der Waals surface area (Å²) in [5, 5.41) is 2.55. The number of benzene rings is 1. The molecule has 7 heteroatoms. The number of ether oxygens (including phenoxy) is 1. The fourth-order valence-electron chi connectivity index (χ4n) is 2.36. The molecule has 1 fully saturated rings. The molecule has 1 aliphatic rings. The van der Waals surface area contributed by atoms with Crippen molar-refractivity contribution in [1.82, 2.24) is 5.32 Å². The van der Waals surface area contributed by atoms with E-state index in [0.717, 1.165) is 12.8 Å². The Balaban J connectivity index is 1.96. The standard InChI is InChI=1S/C18H27BFNO4/c1-6-7-10-23-16(22)21-12-13-8-9-14(11-15(13)20)19-24-17(2,3)18(4,5)25-19/h8-9,11H,6-7,10,12H2,1-5H3,(H,21,22). The highest BCUT2D eigenvalue weighted by Crippen LogP contribution is 2.36. The van der Waals surface area contributed by atoms with E-state index in [0.29, 0.717) is 17.6 Å². The van der Waals surface area contributed by atoms with Crippen LogP contribution in [0.4, 0.5) is 9.18 Å². The molecule has 1 aromatic carbocycles. The van der Waals surface area contributed by atoms with E-state index in [2.05, 4.69) is 5.32 Å². The smallest absolute Gasteiger partial charge is 0.450 e. The molecular formula is C18H27BFNO4. The lowest BCUT2D eigenvalue weighted by Gasteiger charge is -2.32. The summed E-state index contributed by atoms with van der Waals surface area (Å²) in [6, 6.07) is 4.77. The maximum Gasteiger partial charge on any atom is 0.494 e. The number of hydrogen-bond donors (Lipinski definition) is 1. The van der Waals surface area contributed by atoms with Gasteiger partial charge in [-0.3, -0.25) is 0 Å². The van der Waals surface area contributed by atoms with Crippen LogP contribution in [0.3, 0.4) is 0 Å². The summed E-state index contributed by atoms with van der Waals surface area (Å²) in [7, 11) is -0.611. The van der Waals surface area contributed by atoms with Gasteiger partial charge in [0.2, 0.25) is 0 Å². The fraction of sp³-hybridized carbons (Fsp3) is 0.611. The first-order chi connectivity index (χ1) is 11.7. The number of unbranched alkanes of at least 4 members (excludes halogenated alkanes) is 1. The summed E-state index contributed by atoms with van der Waals surface area (Å²) >= 11 is 0. The van der Waals surface area contributed by atoms with E-state index < -0.39 is 30.2 Å². The summed E-state index contributed by atoms with van der Waals surface area (Å²) in [6.45, 7) is 10.2. The number of nitrogens with one attached hydrogen (secondary N) is 1. The monoisotopic (exact) mass is 351 g/mol. The average molecular weight is 351 g/mol. The second-order valence-corrected chi connectivity index (χ2v) is 7.28. The van der Waals surface area contributed by atoms with E-state index in [4.69, 9.17) is 14.0 Å². The summed E-state index contributed by atoms with van der Waals surface area (Å²) in [5.74, 6) is -0.416. The molecule has 0 aliphatic carbocycles. The van der Waals surface area contributed by atoms with Crippen molar-refractivity contribution in [2.45, 2.75) is 65.2 Å². The first-order valence-electron chi connectivity index (χ1n) is 8.71. The van der Waals surface area contributed by atoms with E-state index in [9.17, 15) is 9.18 Å². The molecule has 1 aromatic rings. The van der Waals surface area contributed by atoms with Gasteiger partial charge in [0.15, 0.2) is 0 Å². The number of halogens is 1. The molecule has 0 atom stereocenters. The Morgan fingerprint density at radius 1 is 1.24 bits per heavy atom. The predicted molar refractivity (Wildman–Crippen MR) is 95.2 cm³/mol. The maximum atomic E-state index is 14.3. The molecule has 25 heavy (non-hydrogen) atoms. The van der Waals surface area contributed by atoms with Crippen LogP contribution >= 0.6 is 0 Å². The third-order valence-electron chi connectivity index (χ3n) is 4.76. The van der Waals surface area contributed by atoms with Crippen molar-refractivity contribution < 1.29 is 23.2 Å². The Labute approximate surface area is 149 Å². The highest BCUT2D eigenvalue weighted by Gasteiger charge is 2.51. The second kappa shape index (κ2) is 7.75. The van der Waals surface area contributed by atoms with Crippen LogP contribution in [0.15, 0.2) is 18.2 Å². The van der Waals surface area contributed by atoms with Gasteiger partial charge in [-0.15, -0.1) is 0 Å². The first-order valence-corrected chi connectivity index (χ1v) is 8.71. The summed E-state index contributed by atoms with van der Waals surface area (Å²) in [5.41, 5.74) is 0.0471. The third kappa shape index (κ3) is 4.73. The van der Waals surface area contributed by atoms with Crippen molar-refractivity contribution in [3.05, 3.63) is 29.6 Å². The van der Waals surface area contributed by atoms with Crippen LogP contribution in [0, 0.1) is 5.82 Å². The van der Waals surface area contributed by atoms with Gasteiger partial charge in [0, 0.05) is 12.1 Å². The summed E-state index contributed by atoms with van der Waals surface area (Å²) in [6.07, 6.45) is 1.22. The van der Waals surface area contributed by atoms with Crippen LogP contribution in [0.2, 0.25) is 0 Å². The van der Waals surface area contributed by atoms with Crippen molar-refractivity contribution in [3.63, 3.8) is 0 Å². The molecule has 0 bridgehead atoms. The van der Waals surface area contributed by atoms with E-state index in [-0.39, 0.29) is 6.54 Å². The van der Waals surface area contributed by atoms with Gasteiger partial charge < -0.3 is 19.4 Å². The zero-order valence-corrected chi connectivity index (χ0v) is 15.6. The Hall–Kier alpha value is -1.60. The lowest BCUT2D eigenvalue weighted by molar-refractivity contribution is 0.00578. The molecule has 0 aromatic heterocycles. The number of rotatable bonds is 6. The van der Waals surface area contributed by atoms with Crippen LogP contribution in [0.1, 0.15) is 53.0 Å². The van der Waals surface area contributed by atoms with Crippen LogP contribution in [-0.4, -0.2) is 31.0 Å². The van der Waals surface area contributed by atoms with Crippen molar-refractivity contribution in [1.29, 1.82) is 0 Å². The molecule has 0 unspecified atom stereocenters. The topological polar surface area (TPSA) is 56.8 Å². The molecule has 1 amide bonds. The first kappa shape index (κ1) is 19.7. The van der Waals surface area contributed by atoms with Crippen LogP contribution < -0.4 is 10.8 Å².